The Morgan fingerprint density at radius 1 is 0.808 bits per heavy atom. The van der Waals surface area contributed by atoms with Crippen LogP contribution in [0.15, 0.2) is 34.4 Å². The second-order valence-corrected chi connectivity index (χ2v) is 5.95. The maximum absolute atomic E-state index is 3.37. The van der Waals surface area contributed by atoms with Crippen molar-refractivity contribution in [2.75, 3.05) is 0 Å². The van der Waals surface area contributed by atoms with Crippen LogP contribution in [0.2, 0.25) is 0 Å². The van der Waals surface area contributed by atoms with Crippen LogP contribution in [0.25, 0.3) is 0 Å². The zero-order valence-electron chi connectivity index (χ0n) is 17.8. The summed E-state index contributed by atoms with van der Waals surface area (Å²) in [5.74, 6) is 0. The van der Waals surface area contributed by atoms with Crippen LogP contribution in [0.4, 0.5) is 0 Å². The molecule has 0 aliphatic heterocycles. The minimum atomic E-state index is 0. The molecule has 0 fully saturated rings. The molecule has 0 N–H and O–H groups in total. The van der Waals surface area contributed by atoms with Gasteiger partial charge in [-0.3, -0.25) is 12.2 Å². The predicted molar refractivity (Wildman–Crippen MR) is 125 cm³/mol. The third-order valence-electron chi connectivity index (χ3n) is 3.63. The Bertz CT molecular complexity index is 397. The molecule has 0 saturated heterocycles. The van der Waals surface area contributed by atoms with Crippen molar-refractivity contribution in [3.63, 3.8) is 0 Å². The van der Waals surface area contributed by atoms with E-state index in [0.717, 1.165) is 12.8 Å². The Labute approximate surface area is 191 Å². The molecule has 154 valence electrons. The fourth-order valence-corrected chi connectivity index (χ4v) is 2.36. The van der Waals surface area contributed by atoms with E-state index in [1.807, 2.05) is 26.8 Å². The molecule has 0 aromatic carbocycles. The van der Waals surface area contributed by atoms with E-state index in [-0.39, 0.29) is 39.7 Å². The number of allylic oxidation sites excluding steroid dienone is 8. The first-order chi connectivity index (χ1) is 10.7. The van der Waals surface area contributed by atoms with Crippen LogP contribution in [0.1, 0.15) is 79.1 Å². The number of unbranched alkanes of at least 4 members (excludes halogenated alkanes) is 2. The maximum atomic E-state index is 3.37. The molecular formula is C22H40Cl2SiTi-4. The number of halogens is 2. The van der Waals surface area contributed by atoms with Gasteiger partial charge in [0.25, 0.3) is 0 Å². The average Bonchev–Trinajstić information content (AvgIpc) is 3.14. The topological polar surface area (TPSA) is 0 Å². The SMILES string of the molecule is CCCCC1=[C-]CC(C)=C1.CCCCC1=[C-]CC(C)=C1.Cl.Cl.[CH3-].[CH3-].[SiH2]=[Ti]. The molecule has 0 unspecified atom stereocenters. The van der Waals surface area contributed by atoms with Crippen molar-refractivity contribution >= 4 is 32.4 Å². The molecule has 0 heterocycles. The van der Waals surface area contributed by atoms with Gasteiger partial charge >= 0.3 is 26.8 Å². The van der Waals surface area contributed by atoms with E-state index < -0.39 is 0 Å². The molecule has 0 spiro atoms. The minimum absolute atomic E-state index is 0. The van der Waals surface area contributed by atoms with E-state index in [1.54, 1.807) is 0 Å². The Hall–Kier alpha value is 0.471. The van der Waals surface area contributed by atoms with Crippen LogP contribution in [-0.4, -0.2) is 7.63 Å². The van der Waals surface area contributed by atoms with Crippen LogP contribution >= 0.6 is 24.8 Å². The third-order valence-corrected chi connectivity index (χ3v) is 3.63. The van der Waals surface area contributed by atoms with E-state index >= 15 is 0 Å². The molecule has 0 radical (unpaired) electrons. The summed E-state index contributed by atoms with van der Waals surface area (Å²) >= 11 is 2.03. The zero-order chi connectivity index (χ0) is 16.8. The van der Waals surface area contributed by atoms with Gasteiger partial charge in [-0.25, -0.2) is 23.3 Å². The normalized spacial score (nSPS) is 13.2. The summed E-state index contributed by atoms with van der Waals surface area (Å²) in [4.78, 5) is 0. The fraction of sp³-hybridized carbons (Fsp3) is 0.545. The van der Waals surface area contributed by atoms with Crippen molar-refractivity contribution in [3.8, 4) is 0 Å². The van der Waals surface area contributed by atoms with Crippen LogP contribution in [0.3, 0.4) is 0 Å². The van der Waals surface area contributed by atoms with Gasteiger partial charge in [0, 0.05) is 0 Å². The standard InChI is InChI=1S/2C10H15.2CH3.2ClH.H2Si.Ti/c2*1-3-4-5-10-7-6-9(2)8-10;;;;;;/h2*8H,3-6H2,1-2H3;2*1H3;2*1H;1H2;/q4*-1;;;;. The summed E-state index contributed by atoms with van der Waals surface area (Å²) in [7, 11) is 1.86. The van der Waals surface area contributed by atoms with Crippen LogP contribution < -0.4 is 0 Å². The van der Waals surface area contributed by atoms with Crippen molar-refractivity contribution < 1.29 is 19.2 Å². The van der Waals surface area contributed by atoms with Crippen molar-refractivity contribution in [3.05, 3.63) is 61.4 Å². The van der Waals surface area contributed by atoms with E-state index in [1.165, 1.54) is 60.8 Å². The molecule has 26 heavy (non-hydrogen) atoms. The molecule has 0 amide bonds. The molecule has 0 aromatic heterocycles. The molecule has 0 bridgehead atoms. The van der Waals surface area contributed by atoms with Gasteiger partial charge in [-0.1, -0.05) is 66.2 Å². The molecule has 0 atom stereocenters. The number of rotatable bonds is 6. The zero-order valence-corrected chi connectivity index (χ0v) is 22.4. The Morgan fingerprint density at radius 2 is 1.12 bits per heavy atom. The molecule has 2 aliphatic rings. The summed E-state index contributed by atoms with van der Waals surface area (Å²) in [5, 5.41) is 0. The van der Waals surface area contributed by atoms with Gasteiger partial charge in [-0.2, -0.15) is 11.1 Å². The van der Waals surface area contributed by atoms with Gasteiger partial charge in [0.2, 0.25) is 0 Å². The summed E-state index contributed by atoms with van der Waals surface area (Å²) < 4.78 is 0. The first-order valence-corrected chi connectivity index (χ1v) is 12.6. The Morgan fingerprint density at radius 3 is 1.31 bits per heavy atom. The number of hydrogen-bond acceptors (Lipinski definition) is 0. The molecule has 0 aromatic rings. The van der Waals surface area contributed by atoms with Crippen molar-refractivity contribution in [2.24, 2.45) is 0 Å². The van der Waals surface area contributed by atoms with Crippen molar-refractivity contribution in [1.29, 1.82) is 0 Å². The average molecular weight is 451 g/mol. The molecular weight excluding hydrogens is 411 g/mol. The van der Waals surface area contributed by atoms with Crippen LogP contribution in [0.5, 0.6) is 0 Å². The van der Waals surface area contributed by atoms with Gasteiger partial charge in [0.05, 0.1) is 0 Å². The van der Waals surface area contributed by atoms with E-state index in [9.17, 15) is 0 Å². The van der Waals surface area contributed by atoms with Crippen molar-refractivity contribution in [2.45, 2.75) is 79.1 Å². The van der Waals surface area contributed by atoms with Crippen molar-refractivity contribution in [1.82, 2.24) is 0 Å². The molecule has 2 rings (SSSR count). The second-order valence-electron chi connectivity index (χ2n) is 5.95. The third kappa shape index (κ3) is 19.2. The van der Waals surface area contributed by atoms with Gasteiger partial charge in [-0.05, 0) is 0 Å². The van der Waals surface area contributed by atoms with Gasteiger partial charge < -0.3 is 14.9 Å². The van der Waals surface area contributed by atoms with Crippen LogP contribution in [-0.2, 0) is 19.2 Å². The first kappa shape index (κ1) is 37.3. The molecule has 2 aliphatic carbocycles. The van der Waals surface area contributed by atoms with Gasteiger partial charge in [0.15, 0.2) is 0 Å². The second kappa shape index (κ2) is 25.5. The van der Waals surface area contributed by atoms with Gasteiger partial charge in [-0.15, -0.1) is 37.7 Å². The fourth-order valence-electron chi connectivity index (χ4n) is 2.36. The number of hydrogen-bond donors (Lipinski definition) is 0. The first-order valence-electron chi connectivity index (χ1n) is 8.54. The Kier molecular flexibility index (Phi) is 36.5. The quantitative estimate of drug-likeness (QED) is 0.293. The molecule has 0 nitrogen and oxygen atoms in total. The Balaban J connectivity index is -0.0000000904. The summed E-state index contributed by atoms with van der Waals surface area (Å²) in [6, 6.07) is 0. The summed E-state index contributed by atoms with van der Waals surface area (Å²) in [6.45, 7) is 8.80. The molecule has 0 saturated carbocycles. The summed E-state index contributed by atoms with van der Waals surface area (Å²) in [5.41, 5.74) is 5.79. The van der Waals surface area contributed by atoms with Crippen LogP contribution in [0, 0.1) is 27.0 Å². The predicted octanol–water partition coefficient (Wildman–Crippen LogP) is 7.34. The van der Waals surface area contributed by atoms with E-state index in [4.69, 9.17) is 0 Å². The van der Waals surface area contributed by atoms with E-state index in [0.29, 0.717) is 0 Å². The molecule has 4 heteroatoms. The monoisotopic (exact) mass is 450 g/mol. The summed E-state index contributed by atoms with van der Waals surface area (Å²) in [6.07, 6.45) is 21.1. The van der Waals surface area contributed by atoms with Gasteiger partial charge in [0.1, 0.15) is 0 Å². The van der Waals surface area contributed by atoms with E-state index in [2.05, 4.69) is 52.0 Å².